The van der Waals surface area contributed by atoms with Crippen LogP contribution >= 0.6 is 24.4 Å². The maximum Gasteiger partial charge on any atom is 0.0111 e. The van der Waals surface area contributed by atoms with Crippen LogP contribution in [0.15, 0.2) is 28.0 Å². The SMILES string of the molecule is CC1(C)CSc2ccc(S)cc21. The van der Waals surface area contributed by atoms with Crippen molar-refractivity contribution >= 4 is 24.4 Å². The van der Waals surface area contributed by atoms with Crippen molar-refractivity contribution in [1.29, 1.82) is 0 Å². The second-order valence-electron chi connectivity index (χ2n) is 3.85. The third kappa shape index (κ3) is 1.27. The fraction of sp³-hybridized carbons (Fsp3) is 0.400. The summed E-state index contributed by atoms with van der Waals surface area (Å²) in [6.07, 6.45) is 0. The molecule has 64 valence electrons. The van der Waals surface area contributed by atoms with E-state index >= 15 is 0 Å². The molecule has 0 radical (unpaired) electrons. The number of thioether (sulfide) groups is 1. The van der Waals surface area contributed by atoms with Crippen molar-refractivity contribution in [3.63, 3.8) is 0 Å². The normalized spacial score (nSPS) is 19.2. The van der Waals surface area contributed by atoms with Gasteiger partial charge in [-0.1, -0.05) is 13.8 Å². The van der Waals surface area contributed by atoms with E-state index in [0.29, 0.717) is 5.41 Å². The maximum atomic E-state index is 4.35. The number of thiol groups is 1. The summed E-state index contributed by atoms with van der Waals surface area (Å²) in [7, 11) is 0. The van der Waals surface area contributed by atoms with Gasteiger partial charge in [0.1, 0.15) is 0 Å². The molecule has 0 aromatic heterocycles. The van der Waals surface area contributed by atoms with Gasteiger partial charge in [-0.25, -0.2) is 0 Å². The van der Waals surface area contributed by atoms with Gasteiger partial charge in [-0.05, 0) is 23.8 Å². The molecule has 1 aromatic carbocycles. The summed E-state index contributed by atoms with van der Waals surface area (Å²) in [6, 6.07) is 6.44. The van der Waals surface area contributed by atoms with Gasteiger partial charge in [-0.3, -0.25) is 0 Å². The van der Waals surface area contributed by atoms with Gasteiger partial charge in [-0.15, -0.1) is 24.4 Å². The van der Waals surface area contributed by atoms with Crippen LogP contribution in [-0.4, -0.2) is 5.75 Å². The summed E-state index contributed by atoms with van der Waals surface area (Å²) in [4.78, 5) is 2.50. The topological polar surface area (TPSA) is 0 Å². The lowest BCUT2D eigenvalue weighted by molar-refractivity contribution is 0.603. The number of fused-ring (bicyclic) bond motifs is 1. The van der Waals surface area contributed by atoms with Gasteiger partial charge in [-0.2, -0.15) is 0 Å². The van der Waals surface area contributed by atoms with E-state index in [1.165, 1.54) is 16.2 Å². The molecule has 0 aliphatic carbocycles. The minimum Gasteiger partial charge on any atom is -0.143 e. The van der Waals surface area contributed by atoms with Crippen molar-refractivity contribution in [1.82, 2.24) is 0 Å². The van der Waals surface area contributed by atoms with Gasteiger partial charge in [0.15, 0.2) is 0 Å². The minimum absolute atomic E-state index is 0.332. The Hall–Kier alpha value is -0.0800. The zero-order valence-corrected chi connectivity index (χ0v) is 9.01. The molecule has 0 bridgehead atoms. The number of hydrogen-bond donors (Lipinski definition) is 1. The highest BCUT2D eigenvalue weighted by atomic mass is 32.2. The molecular weight excluding hydrogens is 184 g/mol. The molecule has 0 N–H and O–H groups in total. The van der Waals surface area contributed by atoms with E-state index in [0.717, 1.165) is 4.90 Å². The fourth-order valence-corrected chi connectivity index (χ4v) is 3.04. The molecule has 0 saturated carbocycles. The van der Waals surface area contributed by atoms with Crippen molar-refractivity contribution in [2.45, 2.75) is 29.1 Å². The fourth-order valence-electron chi connectivity index (χ4n) is 1.51. The first kappa shape index (κ1) is 8.52. The Labute approximate surface area is 83.2 Å². The Morgan fingerprint density at radius 2 is 2.17 bits per heavy atom. The highest BCUT2D eigenvalue weighted by Crippen LogP contribution is 2.43. The molecule has 0 saturated heterocycles. The molecule has 0 nitrogen and oxygen atoms in total. The van der Waals surface area contributed by atoms with E-state index < -0.39 is 0 Å². The average Bonchev–Trinajstić information content (AvgIpc) is 2.28. The van der Waals surface area contributed by atoms with Gasteiger partial charge in [0.05, 0.1) is 0 Å². The lowest BCUT2D eigenvalue weighted by atomic mass is 9.87. The largest absolute Gasteiger partial charge is 0.143 e. The summed E-state index contributed by atoms with van der Waals surface area (Å²) in [5.74, 6) is 1.19. The molecule has 2 heteroatoms. The molecule has 0 atom stereocenters. The van der Waals surface area contributed by atoms with Crippen molar-refractivity contribution < 1.29 is 0 Å². The predicted octanol–water partition coefficient (Wildman–Crippen LogP) is 3.36. The Morgan fingerprint density at radius 3 is 2.92 bits per heavy atom. The smallest absolute Gasteiger partial charge is 0.0111 e. The van der Waals surface area contributed by atoms with Crippen LogP contribution < -0.4 is 0 Å². The predicted molar refractivity (Wildman–Crippen MR) is 57.4 cm³/mol. The highest BCUT2D eigenvalue weighted by molar-refractivity contribution is 7.99. The third-order valence-corrected chi connectivity index (χ3v) is 4.09. The standard InChI is InChI=1S/C10H12S2/c1-10(2)6-12-9-4-3-7(11)5-8(9)10/h3-5,11H,6H2,1-2H3. The van der Waals surface area contributed by atoms with Gasteiger partial charge >= 0.3 is 0 Å². The molecule has 0 unspecified atom stereocenters. The van der Waals surface area contributed by atoms with Crippen molar-refractivity contribution in [3.8, 4) is 0 Å². The van der Waals surface area contributed by atoms with Crippen LogP contribution in [0.25, 0.3) is 0 Å². The van der Waals surface area contributed by atoms with Crippen molar-refractivity contribution in [2.75, 3.05) is 5.75 Å². The molecule has 0 fully saturated rings. The van der Waals surface area contributed by atoms with Crippen LogP contribution in [0, 0.1) is 0 Å². The molecule has 1 heterocycles. The van der Waals surface area contributed by atoms with Crippen LogP contribution in [-0.2, 0) is 5.41 Å². The second kappa shape index (κ2) is 2.71. The minimum atomic E-state index is 0.332. The summed E-state index contributed by atoms with van der Waals surface area (Å²) < 4.78 is 0. The molecule has 12 heavy (non-hydrogen) atoms. The zero-order chi connectivity index (χ0) is 8.77. The Balaban J connectivity index is 2.57. The first-order chi connectivity index (χ1) is 5.59. The molecule has 0 spiro atoms. The van der Waals surface area contributed by atoms with Crippen LogP contribution in [0.1, 0.15) is 19.4 Å². The Bertz CT molecular complexity index is 316. The Kier molecular flexibility index (Phi) is 1.92. The third-order valence-electron chi connectivity index (χ3n) is 2.28. The van der Waals surface area contributed by atoms with Crippen molar-refractivity contribution in [2.24, 2.45) is 0 Å². The molecule has 1 aromatic rings. The van der Waals surface area contributed by atoms with E-state index in [2.05, 4.69) is 44.7 Å². The van der Waals surface area contributed by atoms with Gasteiger partial charge in [0, 0.05) is 21.0 Å². The van der Waals surface area contributed by atoms with E-state index in [-0.39, 0.29) is 0 Å². The van der Waals surface area contributed by atoms with Gasteiger partial charge < -0.3 is 0 Å². The lowest BCUT2D eigenvalue weighted by Crippen LogP contribution is -2.15. The summed E-state index contributed by atoms with van der Waals surface area (Å²) in [5, 5.41) is 0. The summed E-state index contributed by atoms with van der Waals surface area (Å²) in [5.41, 5.74) is 1.79. The number of rotatable bonds is 0. The number of benzene rings is 1. The van der Waals surface area contributed by atoms with Crippen LogP contribution in [0.3, 0.4) is 0 Å². The highest BCUT2D eigenvalue weighted by Gasteiger charge is 2.30. The molecule has 1 aliphatic rings. The van der Waals surface area contributed by atoms with Crippen molar-refractivity contribution in [3.05, 3.63) is 23.8 Å². The molecule has 2 rings (SSSR count). The van der Waals surface area contributed by atoms with Crippen LogP contribution in [0.5, 0.6) is 0 Å². The molecule has 1 aliphatic heterocycles. The quantitative estimate of drug-likeness (QED) is 0.621. The Morgan fingerprint density at radius 1 is 1.42 bits per heavy atom. The maximum absolute atomic E-state index is 4.35. The molecular formula is C10H12S2. The van der Waals surface area contributed by atoms with E-state index in [4.69, 9.17) is 0 Å². The van der Waals surface area contributed by atoms with Gasteiger partial charge in [0.2, 0.25) is 0 Å². The lowest BCUT2D eigenvalue weighted by Gasteiger charge is -2.17. The second-order valence-corrected chi connectivity index (χ2v) is 5.39. The van der Waals surface area contributed by atoms with Crippen LogP contribution in [0.4, 0.5) is 0 Å². The van der Waals surface area contributed by atoms with Crippen LogP contribution in [0.2, 0.25) is 0 Å². The van der Waals surface area contributed by atoms with E-state index in [1.807, 2.05) is 11.8 Å². The monoisotopic (exact) mass is 196 g/mol. The molecule has 0 amide bonds. The average molecular weight is 196 g/mol. The zero-order valence-electron chi connectivity index (χ0n) is 7.29. The first-order valence-electron chi connectivity index (χ1n) is 4.06. The van der Waals surface area contributed by atoms with E-state index in [9.17, 15) is 0 Å². The summed E-state index contributed by atoms with van der Waals surface area (Å²) in [6.45, 7) is 4.58. The number of hydrogen-bond acceptors (Lipinski definition) is 2. The summed E-state index contributed by atoms with van der Waals surface area (Å²) >= 11 is 6.30. The van der Waals surface area contributed by atoms with Gasteiger partial charge in [0.25, 0.3) is 0 Å². The first-order valence-corrected chi connectivity index (χ1v) is 5.49. The van der Waals surface area contributed by atoms with E-state index in [1.54, 1.807) is 0 Å².